The van der Waals surface area contributed by atoms with Gasteiger partial charge in [0.15, 0.2) is 5.96 Å². The van der Waals surface area contributed by atoms with Gasteiger partial charge in [0, 0.05) is 51.4 Å². The first-order valence-electron chi connectivity index (χ1n) is 11.3. The normalized spacial score (nSPS) is 15.7. The van der Waals surface area contributed by atoms with Crippen LogP contribution < -0.4 is 11.1 Å². The van der Waals surface area contributed by atoms with Gasteiger partial charge >= 0.3 is 0 Å². The molecule has 1 aliphatic heterocycles. The number of nitrogens with zero attached hydrogens (tertiary/aromatic N) is 5. The number of aromatic nitrogens is 2. The molecule has 0 bridgehead atoms. The van der Waals surface area contributed by atoms with Gasteiger partial charge in [0.25, 0.3) is 0 Å². The van der Waals surface area contributed by atoms with Crippen LogP contribution in [-0.2, 0) is 18.4 Å². The number of halogens is 1. The number of rotatable bonds is 10. The zero-order valence-corrected chi connectivity index (χ0v) is 22.3. The van der Waals surface area contributed by atoms with E-state index in [-0.39, 0.29) is 35.8 Å². The Balaban J connectivity index is 0.00000480. The van der Waals surface area contributed by atoms with E-state index in [2.05, 4.69) is 54.2 Å². The van der Waals surface area contributed by atoms with E-state index in [0.717, 1.165) is 76.6 Å². The molecule has 1 fully saturated rings. The van der Waals surface area contributed by atoms with Crippen molar-refractivity contribution in [2.24, 2.45) is 23.7 Å². The summed E-state index contributed by atoms with van der Waals surface area (Å²) in [6.07, 6.45) is 6.08. The Labute approximate surface area is 205 Å². The summed E-state index contributed by atoms with van der Waals surface area (Å²) in [7, 11) is 4.06. The highest BCUT2D eigenvalue weighted by molar-refractivity contribution is 14.0. The van der Waals surface area contributed by atoms with Crippen molar-refractivity contribution in [3.05, 3.63) is 17.5 Å². The minimum Gasteiger partial charge on any atom is -0.369 e. The molecular formula is C22H42IN7O. The molecule has 178 valence electrons. The lowest BCUT2D eigenvalue weighted by molar-refractivity contribution is -0.123. The van der Waals surface area contributed by atoms with Crippen LogP contribution in [0.2, 0.25) is 0 Å². The summed E-state index contributed by atoms with van der Waals surface area (Å²) < 4.78 is 1.90. The second-order valence-corrected chi connectivity index (χ2v) is 8.69. The molecule has 1 amide bonds. The van der Waals surface area contributed by atoms with E-state index in [1.165, 1.54) is 5.56 Å². The number of guanidine groups is 1. The van der Waals surface area contributed by atoms with E-state index in [1.807, 2.05) is 11.7 Å². The molecule has 1 aromatic heterocycles. The number of aliphatic imine (C=N–C) groups is 1. The average molecular weight is 548 g/mol. The van der Waals surface area contributed by atoms with Crippen LogP contribution in [0.3, 0.4) is 0 Å². The van der Waals surface area contributed by atoms with E-state index < -0.39 is 0 Å². The molecule has 9 heteroatoms. The molecule has 0 saturated carbocycles. The predicted octanol–water partition coefficient (Wildman–Crippen LogP) is 2.54. The van der Waals surface area contributed by atoms with Gasteiger partial charge in [0.2, 0.25) is 5.91 Å². The zero-order chi connectivity index (χ0) is 22.1. The number of piperidine rings is 1. The second kappa shape index (κ2) is 13.9. The van der Waals surface area contributed by atoms with Crippen LogP contribution in [0.5, 0.6) is 0 Å². The van der Waals surface area contributed by atoms with Gasteiger partial charge in [-0.2, -0.15) is 5.10 Å². The maximum Gasteiger partial charge on any atom is 0.220 e. The number of hydrogen-bond acceptors (Lipinski definition) is 4. The molecule has 0 aliphatic carbocycles. The Morgan fingerprint density at radius 3 is 2.61 bits per heavy atom. The quantitative estimate of drug-likeness (QED) is 0.203. The van der Waals surface area contributed by atoms with E-state index >= 15 is 0 Å². The number of nitrogens with one attached hydrogen (secondary N) is 1. The Kier molecular flexibility index (Phi) is 12.4. The summed E-state index contributed by atoms with van der Waals surface area (Å²) in [5, 5.41) is 8.02. The van der Waals surface area contributed by atoms with E-state index in [4.69, 9.17) is 10.7 Å². The van der Waals surface area contributed by atoms with Gasteiger partial charge in [-0.25, -0.2) is 0 Å². The number of likely N-dealkylation sites (tertiary alicyclic amines) is 1. The number of primary amides is 1. The summed E-state index contributed by atoms with van der Waals surface area (Å²) in [6, 6.07) is 0. The molecule has 1 aliphatic rings. The molecule has 0 atom stereocenters. The van der Waals surface area contributed by atoms with E-state index in [9.17, 15) is 4.79 Å². The minimum absolute atomic E-state index is 0. The Morgan fingerprint density at radius 1 is 1.35 bits per heavy atom. The summed E-state index contributed by atoms with van der Waals surface area (Å²) in [5.74, 6) is 1.27. The second-order valence-electron chi connectivity index (χ2n) is 8.69. The Morgan fingerprint density at radius 2 is 2.03 bits per heavy atom. The maximum atomic E-state index is 11.3. The van der Waals surface area contributed by atoms with Gasteiger partial charge in [0.05, 0.1) is 5.69 Å². The first-order chi connectivity index (χ1) is 14.3. The van der Waals surface area contributed by atoms with Crippen LogP contribution in [0.25, 0.3) is 0 Å². The van der Waals surface area contributed by atoms with Gasteiger partial charge in [-0.05, 0) is 58.2 Å². The predicted molar refractivity (Wildman–Crippen MR) is 138 cm³/mol. The van der Waals surface area contributed by atoms with Gasteiger partial charge < -0.3 is 20.9 Å². The Hall–Kier alpha value is -1.36. The van der Waals surface area contributed by atoms with Crippen LogP contribution in [0.4, 0.5) is 0 Å². The number of amides is 1. The van der Waals surface area contributed by atoms with Crippen molar-refractivity contribution in [2.75, 3.05) is 39.8 Å². The highest BCUT2D eigenvalue weighted by atomic mass is 127. The van der Waals surface area contributed by atoms with E-state index in [1.54, 1.807) is 0 Å². The molecule has 0 unspecified atom stereocenters. The molecule has 0 spiro atoms. The molecule has 1 aromatic rings. The first-order valence-corrected chi connectivity index (χ1v) is 11.3. The van der Waals surface area contributed by atoms with Crippen molar-refractivity contribution in [3.63, 3.8) is 0 Å². The van der Waals surface area contributed by atoms with E-state index in [0.29, 0.717) is 5.92 Å². The fourth-order valence-electron chi connectivity index (χ4n) is 4.04. The molecule has 31 heavy (non-hydrogen) atoms. The van der Waals surface area contributed by atoms with Crippen LogP contribution in [-0.4, -0.2) is 71.2 Å². The molecule has 3 N–H and O–H groups in total. The number of hydrogen-bond donors (Lipinski definition) is 2. The molecule has 0 aromatic carbocycles. The van der Waals surface area contributed by atoms with Gasteiger partial charge in [0.1, 0.15) is 0 Å². The lowest BCUT2D eigenvalue weighted by Crippen LogP contribution is -2.39. The fraction of sp³-hybridized carbons (Fsp3) is 0.773. The summed E-state index contributed by atoms with van der Waals surface area (Å²) in [4.78, 5) is 20.7. The van der Waals surface area contributed by atoms with Crippen molar-refractivity contribution >= 4 is 35.8 Å². The van der Waals surface area contributed by atoms with Crippen LogP contribution >= 0.6 is 24.0 Å². The molecule has 0 radical (unpaired) electrons. The van der Waals surface area contributed by atoms with Crippen molar-refractivity contribution in [1.29, 1.82) is 0 Å². The first kappa shape index (κ1) is 27.7. The summed E-state index contributed by atoms with van der Waals surface area (Å²) in [5.41, 5.74) is 7.82. The summed E-state index contributed by atoms with van der Waals surface area (Å²) >= 11 is 0. The van der Waals surface area contributed by atoms with Gasteiger partial charge in [-0.1, -0.05) is 13.8 Å². The molecule has 1 saturated heterocycles. The molecule has 8 nitrogen and oxygen atoms in total. The largest absolute Gasteiger partial charge is 0.369 e. The number of carbonyl (C=O) groups excluding carboxylic acids is 1. The zero-order valence-electron chi connectivity index (χ0n) is 19.9. The van der Waals surface area contributed by atoms with Crippen LogP contribution in [0.1, 0.15) is 63.6 Å². The average Bonchev–Trinajstić information content (AvgIpc) is 3.07. The SMILES string of the molecule is CCNC(=NCCCCN1CCC(C(N)=O)CC1)N(C)Cc1cn(C)nc1C(C)C.I. The Bertz CT molecular complexity index is 696. The lowest BCUT2D eigenvalue weighted by atomic mass is 9.96. The van der Waals surface area contributed by atoms with Gasteiger partial charge in [-0.3, -0.25) is 14.5 Å². The number of nitrogens with two attached hydrogens (primary N) is 1. The highest BCUT2D eigenvalue weighted by Gasteiger charge is 2.22. The van der Waals surface area contributed by atoms with Crippen molar-refractivity contribution < 1.29 is 4.79 Å². The maximum absolute atomic E-state index is 11.3. The fourth-order valence-corrected chi connectivity index (χ4v) is 4.04. The summed E-state index contributed by atoms with van der Waals surface area (Å²) in [6.45, 7) is 11.9. The smallest absolute Gasteiger partial charge is 0.220 e. The third kappa shape index (κ3) is 8.96. The van der Waals surface area contributed by atoms with Crippen LogP contribution in [0.15, 0.2) is 11.2 Å². The molecular weight excluding hydrogens is 505 g/mol. The molecule has 2 heterocycles. The van der Waals surface area contributed by atoms with Crippen molar-refractivity contribution in [2.45, 2.75) is 58.9 Å². The standard InChI is InChI=1S/C22H41N7O.HI/c1-6-24-22(27(4)15-19-16-28(5)26-20(19)17(2)3)25-11-7-8-12-29-13-9-18(10-14-29)21(23)30;/h16-18H,6-15H2,1-5H3,(H2,23,30)(H,24,25);1H. The third-order valence-electron chi connectivity index (χ3n) is 5.72. The van der Waals surface area contributed by atoms with Crippen LogP contribution in [0, 0.1) is 5.92 Å². The minimum atomic E-state index is -0.143. The van der Waals surface area contributed by atoms with Crippen molar-refractivity contribution in [3.8, 4) is 0 Å². The van der Waals surface area contributed by atoms with Gasteiger partial charge in [-0.15, -0.1) is 24.0 Å². The number of unbranched alkanes of at least 4 members (excludes halogenated alkanes) is 1. The highest BCUT2D eigenvalue weighted by Crippen LogP contribution is 2.19. The number of aryl methyl sites for hydroxylation is 1. The topological polar surface area (TPSA) is 91.8 Å². The monoisotopic (exact) mass is 547 g/mol. The number of carbonyl (C=O) groups is 1. The molecule has 2 rings (SSSR count). The third-order valence-corrected chi connectivity index (χ3v) is 5.72. The van der Waals surface area contributed by atoms with Crippen molar-refractivity contribution in [1.82, 2.24) is 24.9 Å². The lowest BCUT2D eigenvalue weighted by Gasteiger charge is -2.30.